The second-order valence-electron chi connectivity index (χ2n) is 8.68. The highest BCUT2D eigenvalue weighted by Gasteiger charge is 2.18. The first-order chi connectivity index (χ1) is 17.9. The molecular formula is C26H25FN8O2. The highest BCUT2D eigenvalue weighted by atomic mass is 19.1. The molecule has 3 heterocycles. The fourth-order valence-corrected chi connectivity index (χ4v) is 4.14. The predicted molar refractivity (Wildman–Crippen MR) is 141 cm³/mol. The predicted octanol–water partition coefficient (Wildman–Crippen LogP) is 2.93. The molecule has 0 radical (unpaired) electrons. The molecule has 1 aliphatic rings. The van der Waals surface area contributed by atoms with Crippen molar-refractivity contribution in [1.29, 1.82) is 0 Å². The van der Waals surface area contributed by atoms with Gasteiger partial charge in [0.2, 0.25) is 11.9 Å². The number of piperazine rings is 1. The number of fused-ring (bicyclic) bond motifs is 1. The van der Waals surface area contributed by atoms with E-state index in [9.17, 15) is 14.0 Å². The van der Waals surface area contributed by atoms with Crippen molar-refractivity contribution in [2.24, 2.45) is 0 Å². The van der Waals surface area contributed by atoms with Crippen LogP contribution in [0, 0.1) is 5.82 Å². The number of carbonyl (C=O) groups excluding carboxylic acids is 1. The fourth-order valence-electron chi connectivity index (χ4n) is 4.14. The number of nitrogens with zero attached hydrogens (tertiary/aromatic N) is 6. The van der Waals surface area contributed by atoms with Gasteiger partial charge in [0.1, 0.15) is 17.5 Å². The molecule has 5 rings (SSSR count). The van der Waals surface area contributed by atoms with Crippen LogP contribution in [0.4, 0.5) is 27.4 Å². The molecule has 0 atom stereocenters. The van der Waals surface area contributed by atoms with Crippen LogP contribution in [0.2, 0.25) is 0 Å². The number of benzene rings is 2. The molecule has 4 aromatic rings. The van der Waals surface area contributed by atoms with E-state index in [1.165, 1.54) is 24.7 Å². The number of nitrogens with one attached hydrogen (secondary N) is 2. The van der Waals surface area contributed by atoms with E-state index in [1.807, 2.05) is 4.90 Å². The molecule has 2 aromatic heterocycles. The normalized spacial score (nSPS) is 13.9. The largest absolute Gasteiger partial charge is 0.367 e. The van der Waals surface area contributed by atoms with Crippen LogP contribution in [0.25, 0.3) is 16.7 Å². The second-order valence-corrected chi connectivity index (χ2v) is 8.68. The molecule has 1 fully saturated rings. The lowest BCUT2D eigenvalue weighted by Gasteiger charge is -2.34. The van der Waals surface area contributed by atoms with E-state index >= 15 is 0 Å². The number of halogens is 1. The fraction of sp³-hybridized carbons (Fsp3) is 0.192. The number of likely N-dealkylation sites (N-methyl/N-ethyl adjacent to an activating group) is 1. The summed E-state index contributed by atoms with van der Waals surface area (Å²) in [5, 5.41) is 5.94. The Labute approximate surface area is 212 Å². The van der Waals surface area contributed by atoms with E-state index in [1.54, 1.807) is 41.0 Å². The van der Waals surface area contributed by atoms with Crippen molar-refractivity contribution in [2.45, 2.75) is 0 Å². The number of aromatic nitrogens is 4. The minimum Gasteiger partial charge on any atom is -0.367 e. The van der Waals surface area contributed by atoms with Crippen LogP contribution in [0.5, 0.6) is 0 Å². The summed E-state index contributed by atoms with van der Waals surface area (Å²) < 4.78 is 16.6. The Kier molecular flexibility index (Phi) is 6.60. The lowest BCUT2D eigenvalue weighted by molar-refractivity contribution is -0.111. The molecule has 11 heteroatoms. The molecule has 1 saturated heterocycles. The summed E-state index contributed by atoms with van der Waals surface area (Å²) in [7, 11) is 2.05. The summed E-state index contributed by atoms with van der Waals surface area (Å²) in [4.78, 5) is 41.0. The van der Waals surface area contributed by atoms with E-state index in [0.717, 1.165) is 26.2 Å². The minimum atomic E-state index is -0.475. The van der Waals surface area contributed by atoms with Gasteiger partial charge in [-0.25, -0.2) is 9.37 Å². The van der Waals surface area contributed by atoms with Crippen LogP contribution in [-0.4, -0.2) is 63.6 Å². The number of hydrogen-bond donors (Lipinski definition) is 2. The van der Waals surface area contributed by atoms with Crippen LogP contribution >= 0.6 is 0 Å². The first kappa shape index (κ1) is 24.1. The van der Waals surface area contributed by atoms with E-state index in [2.05, 4.69) is 44.1 Å². The average molecular weight is 501 g/mol. The van der Waals surface area contributed by atoms with Gasteiger partial charge in [-0.2, -0.15) is 9.97 Å². The molecule has 0 unspecified atom stereocenters. The van der Waals surface area contributed by atoms with Crippen molar-refractivity contribution >= 4 is 40.0 Å². The molecule has 2 aromatic carbocycles. The van der Waals surface area contributed by atoms with Gasteiger partial charge in [-0.1, -0.05) is 12.6 Å². The molecule has 0 saturated carbocycles. The smallest absolute Gasteiger partial charge is 0.283 e. The van der Waals surface area contributed by atoms with Gasteiger partial charge in [0.15, 0.2) is 5.65 Å². The van der Waals surface area contributed by atoms with Crippen LogP contribution < -0.4 is 21.1 Å². The van der Waals surface area contributed by atoms with Crippen LogP contribution in [0.3, 0.4) is 0 Å². The average Bonchev–Trinajstić information content (AvgIpc) is 2.90. The molecule has 10 nitrogen and oxygen atoms in total. The van der Waals surface area contributed by atoms with Gasteiger partial charge in [0.25, 0.3) is 5.56 Å². The maximum atomic E-state index is 15.0. The summed E-state index contributed by atoms with van der Waals surface area (Å²) >= 11 is 0. The zero-order valence-electron chi connectivity index (χ0n) is 20.2. The minimum absolute atomic E-state index is 0.190. The van der Waals surface area contributed by atoms with E-state index < -0.39 is 5.56 Å². The summed E-state index contributed by atoms with van der Waals surface area (Å²) in [5.41, 5.74) is 2.02. The Balaban J connectivity index is 1.45. The van der Waals surface area contributed by atoms with E-state index in [-0.39, 0.29) is 23.1 Å². The molecule has 2 N–H and O–H groups in total. The third-order valence-electron chi connectivity index (χ3n) is 6.14. The quantitative estimate of drug-likeness (QED) is 0.389. The Hall–Kier alpha value is -4.64. The zero-order chi connectivity index (χ0) is 25.9. The lowest BCUT2D eigenvalue weighted by Crippen LogP contribution is -2.44. The maximum absolute atomic E-state index is 15.0. The maximum Gasteiger partial charge on any atom is 0.283 e. The third kappa shape index (κ3) is 5.16. The molecule has 188 valence electrons. The van der Waals surface area contributed by atoms with Crippen molar-refractivity contribution in [1.82, 2.24) is 24.4 Å². The molecule has 0 spiro atoms. The van der Waals surface area contributed by atoms with Gasteiger partial charge < -0.3 is 20.4 Å². The Morgan fingerprint density at radius 1 is 1.08 bits per heavy atom. The summed E-state index contributed by atoms with van der Waals surface area (Å²) in [5.74, 6) is -0.496. The number of rotatable bonds is 6. The zero-order valence-corrected chi connectivity index (χ0v) is 20.2. The van der Waals surface area contributed by atoms with Crippen LogP contribution in [0.1, 0.15) is 0 Å². The molecule has 1 aliphatic heterocycles. The van der Waals surface area contributed by atoms with Crippen molar-refractivity contribution in [3.63, 3.8) is 0 Å². The molecule has 0 bridgehead atoms. The first-order valence-electron chi connectivity index (χ1n) is 11.7. The first-order valence-corrected chi connectivity index (χ1v) is 11.7. The standard InChI is InChI=1S/C26H25FN8O2/c1-3-23(36)30-17-5-4-6-19(13-17)35-16-29-25(37)20-15-28-26(32-24(20)35)31-18-7-8-22(21(27)14-18)34-11-9-33(2)10-12-34/h3-8,13-16H,1,9-12H2,2H3,(H,30,36)(H,28,31,32). The second kappa shape index (κ2) is 10.2. The Morgan fingerprint density at radius 3 is 2.65 bits per heavy atom. The van der Waals surface area contributed by atoms with E-state index in [4.69, 9.17) is 0 Å². The van der Waals surface area contributed by atoms with Crippen molar-refractivity contribution < 1.29 is 9.18 Å². The van der Waals surface area contributed by atoms with Crippen LogP contribution in [0.15, 0.2) is 72.4 Å². The van der Waals surface area contributed by atoms with Crippen LogP contribution in [-0.2, 0) is 4.79 Å². The highest BCUT2D eigenvalue weighted by molar-refractivity contribution is 5.99. The number of hydrogen-bond acceptors (Lipinski definition) is 8. The third-order valence-corrected chi connectivity index (χ3v) is 6.14. The molecular weight excluding hydrogens is 475 g/mol. The molecule has 1 amide bonds. The Bertz CT molecular complexity index is 1550. The van der Waals surface area contributed by atoms with Gasteiger partial charge >= 0.3 is 0 Å². The van der Waals surface area contributed by atoms with Gasteiger partial charge in [-0.15, -0.1) is 0 Å². The monoisotopic (exact) mass is 500 g/mol. The molecule has 37 heavy (non-hydrogen) atoms. The number of carbonyl (C=O) groups is 1. The van der Waals surface area contributed by atoms with Gasteiger partial charge in [0.05, 0.1) is 11.4 Å². The number of amides is 1. The summed E-state index contributed by atoms with van der Waals surface area (Å²) in [6.07, 6.45) is 3.92. The highest BCUT2D eigenvalue weighted by Crippen LogP contribution is 2.26. The lowest BCUT2D eigenvalue weighted by atomic mass is 10.2. The summed E-state index contributed by atoms with van der Waals surface area (Å²) in [6, 6.07) is 11.9. The SMILES string of the molecule is C=CC(=O)Nc1cccc(-n2cnc(=O)c3cnc(Nc4ccc(N5CCN(C)CC5)c(F)c4)nc32)c1. The van der Waals surface area contributed by atoms with Crippen molar-refractivity contribution in [2.75, 3.05) is 48.8 Å². The van der Waals surface area contributed by atoms with Gasteiger partial charge in [-0.3, -0.25) is 14.2 Å². The van der Waals surface area contributed by atoms with Gasteiger partial charge in [-0.05, 0) is 49.5 Å². The van der Waals surface area contributed by atoms with Crippen molar-refractivity contribution in [3.8, 4) is 5.69 Å². The Morgan fingerprint density at radius 2 is 1.89 bits per heavy atom. The van der Waals surface area contributed by atoms with Gasteiger partial charge in [0, 0.05) is 43.8 Å². The van der Waals surface area contributed by atoms with Crippen molar-refractivity contribution in [3.05, 3.63) is 83.8 Å². The number of anilines is 4. The van der Waals surface area contributed by atoms with E-state index in [0.29, 0.717) is 28.4 Å². The topological polar surface area (TPSA) is 108 Å². The summed E-state index contributed by atoms with van der Waals surface area (Å²) in [6.45, 7) is 6.74. The molecule has 0 aliphatic carbocycles.